The molecular formula is C16H19N3O2S2. The lowest BCUT2D eigenvalue weighted by atomic mass is 10.2. The first-order valence-electron chi connectivity index (χ1n) is 7.60. The van der Waals surface area contributed by atoms with Gasteiger partial charge >= 0.3 is 0 Å². The van der Waals surface area contributed by atoms with Crippen molar-refractivity contribution in [3.8, 4) is 0 Å². The molecule has 3 rings (SSSR count). The van der Waals surface area contributed by atoms with Gasteiger partial charge in [-0.25, -0.2) is 0 Å². The van der Waals surface area contributed by atoms with Crippen LogP contribution in [0.5, 0.6) is 0 Å². The molecular weight excluding hydrogens is 330 g/mol. The molecule has 2 aromatic heterocycles. The summed E-state index contributed by atoms with van der Waals surface area (Å²) < 4.78 is 0. The summed E-state index contributed by atoms with van der Waals surface area (Å²) in [6.07, 6.45) is 2.73. The summed E-state index contributed by atoms with van der Waals surface area (Å²) in [6.45, 7) is 1.76. The Bertz CT molecular complexity index is 681. The number of nitrogens with zero attached hydrogens (tertiary/aromatic N) is 1. The Morgan fingerprint density at radius 2 is 2.17 bits per heavy atom. The molecule has 0 bridgehead atoms. The van der Waals surface area contributed by atoms with Gasteiger partial charge in [0.25, 0.3) is 5.91 Å². The molecule has 3 N–H and O–H groups in total. The second kappa shape index (κ2) is 7.25. The van der Waals surface area contributed by atoms with Gasteiger partial charge in [-0.2, -0.15) is 0 Å². The summed E-state index contributed by atoms with van der Waals surface area (Å²) in [4.78, 5) is 27.2. The van der Waals surface area contributed by atoms with Gasteiger partial charge in [-0.15, -0.1) is 22.7 Å². The highest BCUT2D eigenvalue weighted by Gasteiger charge is 2.26. The number of amides is 2. The molecule has 2 aromatic rings. The minimum Gasteiger partial charge on any atom is -0.366 e. The molecule has 1 fully saturated rings. The SMILES string of the molecule is NC(=O)c1ccsc1NC(=O)CCN1CCCC1c1cccs1. The smallest absolute Gasteiger partial charge is 0.251 e. The van der Waals surface area contributed by atoms with Crippen molar-refractivity contribution in [2.45, 2.75) is 25.3 Å². The van der Waals surface area contributed by atoms with Crippen LogP contribution in [0.1, 0.15) is 40.5 Å². The largest absolute Gasteiger partial charge is 0.366 e. The molecule has 122 valence electrons. The maximum atomic E-state index is 12.2. The fourth-order valence-electron chi connectivity index (χ4n) is 2.93. The number of carbonyl (C=O) groups excluding carboxylic acids is 2. The Morgan fingerprint density at radius 3 is 2.91 bits per heavy atom. The number of hydrogen-bond acceptors (Lipinski definition) is 5. The molecule has 1 atom stereocenters. The van der Waals surface area contributed by atoms with Crippen molar-refractivity contribution < 1.29 is 9.59 Å². The van der Waals surface area contributed by atoms with Crippen LogP contribution >= 0.6 is 22.7 Å². The Hall–Kier alpha value is -1.70. The second-order valence-electron chi connectivity index (χ2n) is 5.54. The first-order valence-corrected chi connectivity index (χ1v) is 9.35. The van der Waals surface area contributed by atoms with Crippen LogP contribution in [0.25, 0.3) is 0 Å². The molecule has 0 aliphatic carbocycles. The minimum absolute atomic E-state index is 0.0771. The van der Waals surface area contributed by atoms with E-state index in [9.17, 15) is 9.59 Å². The Kier molecular flexibility index (Phi) is 5.09. The molecule has 1 unspecified atom stereocenters. The van der Waals surface area contributed by atoms with Gasteiger partial charge in [0.1, 0.15) is 5.00 Å². The van der Waals surface area contributed by atoms with Crippen LogP contribution in [0.2, 0.25) is 0 Å². The quantitative estimate of drug-likeness (QED) is 0.841. The number of primary amides is 1. The standard InChI is InChI=1S/C16H19N3O2S2/c17-15(21)11-6-10-23-16(11)18-14(20)5-8-19-7-1-3-12(19)13-4-2-9-22-13/h2,4,6,9-10,12H,1,3,5,7-8H2,(H2,17,21)(H,18,20). The zero-order valence-electron chi connectivity index (χ0n) is 12.7. The van der Waals surface area contributed by atoms with Crippen molar-refractivity contribution >= 4 is 39.5 Å². The van der Waals surface area contributed by atoms with Crippen molar-refractivity contribution in [1.82, 2.24) is 4.90 Å². The zero-order chi connectivity index (χ0) is 16.2. The highest BCUT2D eigenvalue weighted by molar-refractivity contribution is 7.14. The fourth-order valence-corrected chi connectivity index (χ4v) is 4.64. The molecule has 2 amide bonds. The molecule has 5 nitrogen and oxygen atoms in total. The third-order valence-corrected chi connectivity index (χ3v) is 5.85. The van der Waals surface area contributed by atoms with E-state index in [2.05, 4.69) is 27.7 Å². The van der Waals surface area contributed by atoms with Crippen molar-refractivity contribution in [3.63, 3.8) is 0 Å². The second-order valence-corrected chi connectivity index (χ2v) is 7.43. The lowest BCUT2D eigenvalue weighted by Crippen LogP contribution is -2.27. The zero-order valence-corrected chi connectivity index (χ0v) is 14.3. The normalized spacial score (nSPS) is 18.2. The molecule has 0 aromatic carbocycles. The van der Waals surface area contributed by atoms with E-state index in [-0.39, 0.29) is 5.91 Å². The average Bonchev–Trinajstić information content (AvgIpc) is 3.25. The van der Waals surface area contributed by atoms with Gasteiger partial charge in [0.05, 0.1) is 5.56 Å². The van der Waals surface area contributed by atoms with E-state index in [1.165, 1.54) is 22.6 Å². The topological polar surface area (TPSA) is 75.4 Å². The van der Waals surface area contributed by atoms with Crippen molar-refractivity contribution in [2.75, 3.05) is 18.4 Å². The summed E-state index contributed by atoms with van der Waals surface area (Å²) in [7, 11) is 0. The number of anilines is 1. The van der Waals surface area contributed by atoms with Gasteiger partial charge in [0.15, 0.2) is 0 Å². The van der Waals surface area contributed by atoms with Crippen molar-refractivity contribution in [3.05, 3.63) is 39.4 Å². The molecule has 7 heteroatoms. The van der Waals surface area contributed by atoms with E-state index in [0.29, 0.717) is 23.0 Å². The maximum Gasteiger partial charge on any atom is 0.251 e. The third-order valence-electron chi connectivity index (χ3n) is 4.04. The Morgan fingerprint density at radius 1 is 1.30 bits per heavy atom. The highest BCUT2D eigenvalue weighted by atomic mass is 32.1. The molecule has 0 spiro atoms. The summed E-state index contributed by atoms with van der Waals surface area (Å²) >= 11 is 3.09. The number of nitrogens with one attached hydrogen (secondary N) is 1. The number of likely N-dealkylation sites (tertiary alicyclic amines) is 1. The Balaban J connectivity index is 1.54. The number of carbonyl (C=O) groups is 2. The summed E-state index contributed by atoms with van der Waals surface area (Å²) in [5.74, 6) is -0.592. The lowest BCUT2D eigenvalue weighted by Gasteiger charge is -2.23. The lowest BCUT2D eigenvalue weighted by molar-refractivity contribution is -0.116. The predicted octanol–water partition coefficient (Wildman–Crippen LogP) is 3.07. The monoisotopic (exact) mass is 349 g/mol. The maximum absolute atomic E-state index is 12.2. The van der Waals surface area contributed by atoms with Crippen LogP contribution in [-0.2, 0) is 4.79 Å². The molecule has 1 saturated heterocycles. The molecule has 3 heterocycles. The number of hydrogen-bond donors (Lipinski definition) is 2. The number of rotatable bonds is 6. The first kappa shape index (κ1) is 16.2. The van der Waals surface area contributed by atoms with Crippen LogP contribution in [0.3, 0.4) is 0 Å². The number of nitrogens with two attached hydrogens (primary N) is 1. The molecule has 1 aliphatic heterocycles. The molecule has 1 aliphatic rings. The van der Waals surface area contributed by atoms with Crippen LogP contribution in [0, 0.1) is 0 Å². The van der Waals surface area contributed by atoms with E-state index in [4.69, 9.17) is 5.73 Å². The van der Waals surface area contributed by atoms with Crippen molar-refractivity contribution in [2.24, 2.45) is 5.73 Å². The highest BCUT2D eigenvalue weighted by Crippen LogP contribution is 2.34. The summed E-state index contributed by atoms with van der Waals surface area (Å²) in [5, 5.41) is 7.19. The van der Waals surface area contributed by atoms with Gasteiger partial charge in [0, 0.05) is 23.9 Å². The minimum atomic E-state index is -0.515. The molecule has 23 heavy (non-hydrogen) atoms. The first-order chi connectivity index (χ1) is 11.1. The Labute approximate surface area is 143 Å². The number of thiophene rings is 2. The van der Waals surface area contributed by atoms with E-state index in [1.54, 1.807) is 22.8 Å². The van der Waals surface area contributed by atoms with Gasteiger partial charge < -0.3 is 11.1 Å². The predicted molar refractivity (Wildman–Crippen MR) is 94.0 cm³/mol. The van der Waals surface area contributed by atoms with E-state index in [1.807, 2.05) is 0 Å². The van der Waals surface area contributed by atoms with Crippen LogP contribution in [-0.4, -0.2) is 29.8 Å². The van der Waals surface area contributed by atoms with Crippen LogP contribution in [0.4, 0.5) is 5.00 Å². The van der Waals surface area contributed by atoms with Crippen LogP contribution in [0.15, 0.2) is 29.0 Å². The average molecular weight is 349 g/mol. The van der Waals surface area contributed by atoms with Gasteiger partial charge in [-0.3, -0.25) is 14.5 Å². The van der Waals surface area contributed by atoms with Crippen LogP contribution < -0.4 is 11.1 Å². The summed E-state index contributed by atoms with van der Waals surface area (Å²) in [6, 6.07) is 6.31. The van der Waals surface area contributed by atoms with Gasteiger partial charge in [0.2, 0.25) is 5.91 Å². The summed E-state index contributed by atoms with van der Waals surface area (Å²) in [5.41, 5.74) is 5.67. The van der Waals surface area contributed by atoms with E-state index in [0.717, 1.165) is 19.5 Å². The molecule has 0 radical (unpaired) electrons. The third kappa shape index (κ3) is 3.80. The van der Waals surface area contributed by atoms with Crippen molar-refractivity contribution in [1.29, 1.82) is 0 Å². The van der Waals surface area contributed by atoms with Gasteiger partial charge in [-0.05, 0) is 42.3 Å². The fraction of sp³-hybridized carbons (Fsp3) is 0.375. The van der Waals surface area contributed by atoms with E-state index >= 15 is 0 Å². The van der Waals surface area contributed by atoms with Gasteiger partial charge in [-0.1, -0.05) is 6.07 Å². The van der Waals surface area contributed by atoms with E-state index < -0.39 is 5.91 Å². The molecule has 0 saturated carbocycles.